The van der Waals surface area contributed by atoms with Crippen LogP contribution in [0.4, 0.5) is 4.79 Å². The van der Waals surface area contributed by atoms with Crippen molar-refractivity contribution in [3.8, 4) is 0 Å². The van der Waals surface area contributed by atoms with E-state index in [0.717, 1.165) is 50.2 Å². The standard InChI is InChI=1S/C18H24N4O2/c1-14-4-5-16-19-15(12-22(16)10-14)11-21-8-3-6-18(7-9-21)13-20(2)17(23)24-18/h4-5,10,12H,3,6-9,11,13H2,1-2H3/t18-/m0/s1. The Morgan fingerprint density at radius 2 is 2.12 bits per heavy atom. The van der Waals surface area contributed by atoms with Crippen molar-refractivity contribution in [2.75, 3.05) is 26.7 Å². The Bertz CT molecular complexity index is 771. The zero-order chi connectivity index (χ0) is 16.7. The van der Waals surface area contributed by atoms with Crippen molar-refractivity contribution in [3.63, 3.8) is 0 Å². The highest BCUT2D eigenvalue weighted by molar-refractivity contribution is 5.70. The molecule has 1 atom stereocenters. The Kier molecular flexibility index (Phi) is 3.72. The van der Waals surface area contributed by atoms with E-state index in [1.54, 1.807) is 4.90 Å². The van der Waals surface area contributed by atoms with Crippen LogP contribution in [-0.4, -0.2) is 57.6 Å². The molecule has 128 valence electrons. The lowest BCUT2D eigenvalue weighted by Crippen LogP contribution is -2.35. The number of pyridine rings is 1. The number of aromatic nitrogens is 2. The molecule has 0 unspecified atom stereocenters. The lowest BCUT2D eigenvalue weighted by atomic mass is 9.95. The molecule has 2 saturated heterocycles. The van der Waals surface area contributed by atoms with Gasteiger partial charge in [0.05, 0.1) is 12.2 Å². The number of rotatable bonds is 2. The molecule has 24 heavy (non-hydrogen) atoms. The van der Waals surface area contributed by atoms with Crippen LogP contribution >= 0.6 is 0 Å². The van der Waals surface area contributed by atoms with Crippen LogP contribution in [0.25, 0.3) is 5.65 Å². The van der Waals surface area contributed by atoms with Crippen molar-refractivity contribution in [1.29, 1.82) is 0 Å². The highest BCUT2D eigenvalue weighted by atomic mass is 16.6. The monoisotopic (exact) mass is 328 g/mol. The highest BCUT2D eigenvalue weighted by Gasteiger charge is 2.44. The molecule has 0 radical (unpaired) electrons. The predicted molar refractivity (Wildman–Crippen MR) is 90.9 cm³/mol. The molecule has 2 aliphatic rings. The summed E-state index contributed by atoms with van der Waals surface area (Å²) in [6.07, 6.45) is 6.94. The summed E-state index contributed by atoms with van der Waals surface area (Å²) in [4.78, 5) is 20.6. The fourth-order valence-corrected chi connectivity index (χ4v) is 3.89. The van der Waals surface area contributed by atoms with Crippen LogP contribution in [0.3, 0.4) is 0 Å². The van der Waals surface area contributed by atoms with Crippen molar-refractivity contribution in [2.45, 2.75) is 38.3 Å². The molecule has 1 amide bonds. The number of nitrogens with zero attached hydrogens (tertiary/aromatic N) is 4. The first-order valence-corrected chi connectivity index (χ1v) is 8.64. The first-order valence-electron chi connectivity index (χ1n) is 8.64. The smallest absolute Gasteiger partial charge is 0.410 e. The molecular formula is C18H24N4O2. The lowest BCUT2D eigenvalue weighted by Gasteiger charge is -2.25. The highest BCUT2D eigenvalue weighted by Crippen LogP contribution is 2.32. The molecule has 2 aromatic rings. The summed E-state index contributed by atoms with van der Waals surface area (Å²) in [5.74, 6) is 0. The minimum Gasteiger partial charge on any atom is -0.441 e. The normalized spacial score (nSPS) is 25.4. The van der Waals surface area contributed by atoms with E-state index in [1.165, 1.54) is 5.56 Å². The minimum absolute atomic E-state index is 0.181. The molecule has 0 N–H and O–H groups in total. The summed E-state index contributed by atoms with van der Waals surface area (Å²) in [5.41, 5.74) is 3.04. The van der Waals surface area contributed by atoms with E-state index in [9.17, 15) is 4.79 Å². The minimum atomic E-state index is -0.281. The molecule has 4 rings (SSSR count). The summed E-state index contributed by atoms with van der Waals surface area (Å²) in [7, 11) is 1.82. The van der Waals surface area contributed by atoms with Crippen LogP contribution in [0, 0.1) is 6.92 Å². The molecule has 0 saturated carbocycles. The molecular weight excluding hydrogens is 304 g/mol. The van der Waals surface area contributed by atoms with Crippen LogP contribution in [0.1, 0.15) is 30.5 Å². The summed E-state index contributed by atoms with van der Waals surface area (Å²) in [5, 5.41) is 0. The van der Waals surface area contributed by atoms with Gasteiger partial charge < -0.3 is 14.0 Å². The number of amides is 1. The Balaban J connectivity index is 1.44. The van der Waals surface area contributed by atoms with Gasteiger partial charge in [-0.05, 0) is 37.9 Å². The van der Waals surface area contributed by atoms with Crippen LogP contribution < -0.4 is 0 Å². The number of hydrogen-bond donors (Lipinski definition) is 0. The summed E-state index contributed by atoms with van der Waals surface area (Å²) >= 11 is 0. The molecule has 2 fully saturated rings. The predicted octanol–water partition coefficient (Wildman–Crippen LogP) is 2.45. The van der Waals surface area contributed by atoms with Gasteiger partial charge in [0.25, 0.3) is 0 Å². The third-order valence-corrected chi connectivity index (χ3v) is 5.17. The SMILES string of the molecule is Cc1ccc2nc(CN3CCC[C@]4(CC3)CN(C)C(=O)O4)cn2c1. The van der Waals surface area contributed by atoms with Crippen LogP contribution in [-0.2, 0) is 11.3 Å². The largest absolute Gasteiger partial charge is 0.441 e. The Hall–Kier alpha value is -2.08. The van der Waals surface area contributed by atoms with Crippen molar-refractivity contribution in [1.82, 2.24) is 19.2 Å². The maximum atomic E-state index is 11.7. The second kappa shape index (κ2) is 5.77. The number of aryl methyl sites for hydroxylation is 1. The van der Waals surface area contributed by atoms with E-state index in [0.29, 0.717) is 6.54 Å². The molecule has 6 nitrogen and oxygen atoms in total. The second-order valence-electron chi connectivity index (χ2n) is 7.24. The molecule has 1 spiro atoms. The number of likely N-dealkylation sites (N-methyl/N-ethyl adjacent to an activating group) is 1. The molecule has 0 bridgehead atoms. The van der Waals surface area contributed by atoms with Gasteiger partial charge in [0.1, 0.15) is 11.2 Å². The van der Waals surface area contributed by atoms with Gasteiger partial charge in [0, 0.05) is 39.0 Å². The lowest BCUT2D eigenvalue weighted by molar-refractivity contribution is 0.0442. The second-order valence-corrected chi connectivity index (χ2v) is 7.24. The number of carbonyl (C=O) groups is 1. The summed E-state index contributed by atoms with van der Waals surface area (Å²) in [6, 6.07) is 4.15. The molecule has 4 heterocycles. The Morgan fingerprint density at radius 1 is 1.25 bits per heavy atom. The van der Waals surface area contributed by atoms with Crippen LogP contribution in [0.15, 0.2) is 24.5 Å². The first-order chi connectivity index (χ1) is 11.5. The van der Waals surface area contributed by atoms with Crippen molar-refractivity contribution >= 4 is 11.7 Å². The molecule has 0 aromatic carbocycles. The van der Waals surface area contributed by atoms with E-state index < -0.39 is 0 Å². The number of fused-ring (bicyclic) bond motifs is 1. The van der Waals surface area contributed by atoms with E-state index in [-0.39, 0.29) is 11.7 Å². The van der Waals surface area contributed by atoms with Crippen LogP contribution in [0.5, 0.6) is 0 Å². The number of ether oxygens (including phenoxy) is 1. The maximum Gasteiger partial charge on any atom is 0.410 e. The van der Waals surface area contributed by atoms with Gasteiger partial charge in [-0.25, -0.2) is 9.78 Å². The third kappa shape index (κ3) is 2.86. The van der Waals surface area contributed by atoms with E-state index >= 15 is 0 Å². The van der Waals surface area contributed by atoms with Gasteiger partial charge in [-0.2, -0.15) is 0 Å². The molecule has 2 aliphatic heterocycles. The molecule has 2 aromatic heterocycles. The van der Waals surface area contributed by atoms with Gasteiger partial charge in [-0.1, -0.05) is 6.07 Å². The first kappa shape index (κ1) is 15.4. The number of hydrogen-bond acceptors (Lipinski definition) is 4. The van der Waals surface area contributed by atoms with Gasteiger partial charge in [-0.3, -0.25) is 4.90 Å². The zero-order valence-electron chi connectivity index (χ0n) is 14.4. The average Bonchev–Trinajstić information content (AvgIpc) is 2.98. The fraction of sp³-hybridized carbons (Fsp3) is 0.556. The summed E-state index contributed by atoms with van der Waals surface area (Å²) < 4.78 is 7.78. The van der Waals surface area contributed by atoms with Gasteiger partial charge in [0.15, 0.2) is 0 Å². The number of carbonyl (C=O) groups excluding carboxylic acids is 1. The molecule has 6 heteroatoms. The van der Waals surface area contributed by atoms with E-state index in [4.69, 9.17) is 9.72 Å². The van der Waals surface area contributed by atoms with Crippen molar-refractivity contribution in [3.05, 3.63) is 35.8 Å². The van der Waals surface area contributed by atoms with Gasteiger partial charge in [0.2, 0.25) is 0 Å². The number of likely N-dealkylation sites (tertiary alicyclic amines) is 1. The maximum absolute atomic E-state index is 11.7. The van der Waals surface area contributed by atoms with Crippen molar-refractivity contribution < 1.29 is 9.53 Å². The zero-order valence-corrected chi connectivity index (χ0v) is 14.4. The fourth-order valence-electron chi connectivity index (χ4n) is 3.89. The molecule has 0 aliphatic carbocycles. The Morgan fingerprint density at radius 3 is 2.92 bits per heavy atom. The quantitative estimate of drug-likeness (QED) is 0.850. The van der Waals surface area contributed by atoms with E-state index in [2.05, 4.69) is 40.8 Å². The summed E-state index contributed by atoms with van der Waals surface area (Å²) in [6.45, 7) is 5.62. The average molecular weight is 328 g/mol. The topological polar surface area (TPSA) is 50.1 Å². The Labute approximate surface area is 142 Å². The van der Waals surface area contributed by atoms with E-state index in [1.807, 2.05) is 7.05 Å². The van der Waals surface area contributed by atoms with Gasteiger partial charge in [-0.15, -0.1) is 0 Å². The van der Waals surface area contributed by atoms with Crippen molar-refractivity contribution in [2.24, 2.45) is 0 Å². The number of imidazole rings is 1. The van der Waals surface area contributed by atoms with Gasteiger partial charge >= 0.3 is 6.09 Å². The third-order valence-electron chi connectivity index (χ3n) is 5.17. The van der Waals surface area contributed by atoms with Crippen LogP contribution in [0.2, 0.25) is 0 Å².